The van der Waals surface area contributed by atoms with Gasteiger partial charge in [0.1, 0.15) is 5.75 Å². The minimum atomic E-state index is 0.722. The molecule has 1 rings (SSSR count). The van der Waals surface area contributed by atoms with Gasteiger partial charge in [0.2, 0.25) is 0 Å². The molecule has 0 amide bonds. The van der Waals surface area contributed by atoms with Crippen molar-refractivity contribution in [2.24, 2.45) is 5.92 Å². The van der Waals surface area contributed by atoms with E-state index >= 15 is 0 Å². The van der Waals surface area contributed by atoms with Gasteiger partial charge in [0.25, 0.3) is 0 Å². The Hall–Kier alpha value is -1.02. The fourth-order valence-corrected chi connectivity index (χ4v) is 1.29. The third-order valence-corrected chi connectivity index (χ3v) is 2.06. The van der Waals surface area contributed by atoms with Gasteiger partial charge in [0.05, 0.1) is 6.61 Å². The Labute approximate surface area is 92.6 Å². The SMILES string of the molecule is CC(C)CNCCCOc1ccccc1. The summed E-state index contributed by atoms with van der Waals surface area (Å²) in [6.45, 7) is 7.34. The molecule has 0 aliphatic rings. The minimum Gasteiger partial charge on any atom is -0.494 e. The second-order valence-electron chi connectivity index (χ2n) is 4.11. The maximum Gasteiger partial charge on any atom is 0.119 e. The number of rotatable bonds is 7. The molecule has 0 heterocycles. The fraction of sp³-hybridized carbons (Fsp3) is 0.538. The van der Waals surface area contributed by atoms with Crippen LogP contribution in [0, 0.1) is 5.92 Å². The maximum atomic E-state index is 5.57. The molecule has 1 aromatic rings. The summed E-state index contributed by atoms with van der Waals surface area (Å²) in [7, 11) is 0. The molecule has 0 bridgehead atoms. The Morgan fingerprint density at radius 3 is 2.60 bits per heavy atom. The molecular formula is C13H21NO. The van der Waals surface area contributed by atoms with Crippen molar-refractivity contribution >= 4 is 0 Å². The molecule has 2 heteroatoms. The third-order valence-electron chi connectivity index (χ3n) is 2.06. The van der Waals surface area contributed by atoms with E-state index in [-0.39, 0.29) is 0 Å². The second-order valence-corrected chi connectivity index (χ2v) is 4.11. The van der Waals surface area contributed by atoms with Crippen molar-refractivity contribution < 1.29 is 4.74 Å². The Morgan fingerprint density at radius 2 is 1.93 bits per heavy atom. The van der Waals surface area contributed by atoms with E-state index < -0.39 is 0 Å². The number of benzene rings is 1. The van der Waals surface area contributed by atoms with E-state index in [0.29, 0.717) is 0 Å². The second kappa shape index (κ2) is 7.30. The van der Waals surface area contributed by atoms with Gasteiger partial charge in [0.15, 0.2) is 0 Å². The van der Waals surface area contributed by atoms with Gasteiger partial charge in [0, 0.05) is 0 Å². The van der Waals surface area contributed by atoms with Crippen LogP contribution in [0.15, 0.2) is 30.3 Å². The van der Waals surface area contributed by atoms with Crippen molar-refractivity contribution in [2.75, 3.05) is 19.7 Å². The average Bonchev–Trinajstić information content (AvgIpc) is 2.24. The van der Waals surface area contributed by atoms with Crippen LogP contribution in [0.1, 0.15) is 20.3 Å². The summed E-state index contributed by atoms with van der Waals surface area (Å²) < 4.78 is 5.57. The number of para-hydroxylation sites is 1. The Balaban J connectivity index is 1.98. The Morgan fingerprint density at radius 1 is 1.20 bits per heavy atom. The largest absolute Gasteiger partial charge is 0.494 e. The number of nitrogens with one attached hydrogen (secondary N) is 1. The highest BCUT2D eigenvalue weighted by Crippen LogP contribution is 2.07. The smallest absolute Gasteiger partial charge is 0.119 e. The Bertz CT molecular complexity index is 246. The standard InChI is InChI=1S/C13H21NO/c1-12(2)11-14-9-6-10-15-13-7-4-3-5-8-13/h3-5,7-8,12,14H,6,9-11H2,1-2H3. The van der Waals surface area contributed by atoms with E-state index in [1.807, 2.05) is 30.3 Å². The van der Waals surface area contributed by atoms with Gasteiger partial charge in [-0.2, -0.15) is 0 Å². The van der Waals surface area contributed by atoms with Gasteiger partial charge < -0.3 is 10.1 Å². The van der Waals surface area contributed by atoms with Crippen LogP contribution < -0.4 is 10.1 Å². The summed E-state index contributed by atoms with van der Waals surface area (Å²) in [5.74, 6) is 1.68. The molecule has 1 aromatic carbocycles. The molecule has 1 N–H and O–H groups in total. The zero-order valence-electron chi connectivity index (χ0n) is 9.70. The van der Waals surface area contributed by atoms with Gasteiger partial charge in [-0.3, -0.25) is 0 Å². The van der Waals surface area contributed by atoms with Crippen molar-refractivity contribution in [1.82, 2.24) is 5.32 Å². The molecule has 0 atom stereocenters. The predicted octanol–water partition coefficient (Wildman–Crippen LogP) is 2.70. The van der Waals surface area contributed by atoms with Gasteiger partial charge in [-0.25, -0.2) is 0 Å². The van der Waals surface area contributed by atoms with Crippen LogP contribution in [0.25, 0.3) is 0 Å². The van der Waals surface area contributed by atoms with Crippen LogP contribution in [0.3, 0.4) is 0 Å². The highest BCUT2D eigenvalue weighted by molar-refractivity contribution is 5.20. The summed E-state index contributed by atoms with van der Waals surface area (Å²) in [6, 6.07) is 9.96. The van der Waals surface area contributed by atoms with Gasteiger partial charge in [-0.05, 0) is 37.6 Å². The van der Waals surface area contributed by atoms with Crippen molar-refractivity contribution in [1.29, 1.82) is 0 Å². The van der Waals surface area contributed by atoms with Crippen molar-refractivity contribution in [2.45, 2.75) is 20.3 Å². The number of ether oxygens (including phenoxy) is 1. The summed E-state index contributed by atoms with van der Waals surface area (Å²) in [5, 5.41) is 3.39. The molecule has 15 heavy (non-hydrogen) atoms. The third kappa shape index (κ3) is 6.13. The van der Waals surface area contributed by atoms with Crippen molar-refractivity contribution in [3.63, 3.8) is 0 Å². The zero-order chi connectivity index (χ0) is 10.9. The summed E-state index contributed by atoms with van der Waals surface area (Å²) in [5.41, 5.74) is 0. The van der Waals surface area contributed by atoms with E-state index in [9.17, 15) is 0 Å². The van der Waals surface area contributed by atoms with Crippen LogP contribution in [0.4, 0.5) is 0 Å². The first kappa shape index (κ1) is 12.1. The van der Waals surface area contributed by atoms with Crippen LogP contribution in [0.5, 0.6) is 5.75 Å². The molecule has 0 aromatic heterocycles. The topological polar surface area (TPSA) is 21.3 Å². The summed E-state index contributed by atoms with van der Waals surface area (Å²) >= 11 is 0. The van der Waals surface area contributed by atoms with E-state index in [4.69, 9.17) is 4.74 Å². The highest BCUT2D eigenvalue weighted by Gasteiger charge is 1.93. The van der Waals surface area contributed by atoms with Gasteiger partial charge in [-0.15, -0.1) is 0 Å². The normalized spacial score (nSPS) is 10.6. The molecule has 0 aliphatic carbocycles. The molecule has 2 nitrogen and oxygen atoms in total. The van der Waals surface area contributed by atoms with Gasteiger partial charge in [-0.1, -0.05) is 32.0 Å². The number of hydrogen-bond donors (Lipinski definition) is 1. The van der Waals surface area contributed by atoms with E-state index in [0.717, 1.165) is 37.8 Å². The molecule has 0 aliphatic heterocycles. The molecule has 0 saturated carbocycles. The van der Waals surface area contributed by atoms with Crippen molar-refractivity contribution in [3.8, 4) is 5.75 Å². The van der Waals surface area contributed by atoms with Crippen LogP contribution in [-0.4, -0.2) is 19.7 Å². The molecule has 0 unspecified atom stereocenters. The molecule has 0 spiro atoms. The lowest BCUT2D eigenvalue weighted by molar-refractivity contribution is 0.307. The first-order chi connectivity index (χ1) is 7.29. The molecule has 84 valence electrons. The summed E-state index contributed by atoms with van der Waals surface area (Å²) in [4.78, 5) is 0. The monoisotopic (exact) mass is 207 g/mol. The molecule has 0 radical (unpaired) electrons. The fourth-order valence-electron chi connectivity index (χ4n) is 1.29. The summed E-state index contributed by atoms with van der Waals surface area (Å²) in [6.07, 6.45) is 1.06. The number of hydrogen-bond acceptors (Lipinski definition) is 2. The Kier molecular flexibility index (Phi) is 5.86. The zero-order valence-corrected chi connectivity index (χ0v) is 9.70. The lowest BCUT2D eigenvalue weighted by atomic mass is 10.2. The quantitative estimate of drug-likeness (QED) is 0.694. The van der Waals surface area contributed by atoms with Crippen molar-refractivity contribution in [3.05, 3.63) is 30.3 Å². The lowest BCUT2D eigenvalue weighted by Crippen LogP contribution is -2.22. The first-order valence-corrected chi connectivity index (χ1v) is 5.67. The van der Waals surface area contributed by atoms with Crippen LogP contribution >= 0.6 is 0 Å². The highest BCUT2D eigenvalue weighted by atomic mass is 16.5. The maximum absolute atomic E-state index is 5.57. The molecular weight excluding hydrogens is 186 g/mol. The van der Waals surface area contributed by atoms with Crippen LogP contribution in [-0.2, 0) is 0 Å². The lowest BCUT2D eigenvalue weighted by Gasteiger charge is -2.08. The molecule has 0 saturated heterocycles. The van der Waals surface area contributed by atoms with E-state index in [2.05, 4.69) is 19.2 Å². The van der Waals surface area contributed by atoms with E-state index in [1.54, 1.807) is 0 Å². The van der Waals surface area contributed by atoms with E-state index in [1.165, 1.54) is 0 Å². The first-order valence-electron chi connectivity index (χ1n) is 5.67. The molecule has 0 fully saturated rings. The minimum absolute atomic E-state index is 0.722. The predicted molar refractivity (Wildman–Crippen MR) is 64.3 cm³/mol. The average molecular weight is 207 g/mol. The van der Waals surface area contributed by atoms with Crippen LogP contribution in [0.2, 0.25) is 0 Å². The van der Waals surface area contributed by atoms with Gasteiger partial charge >= 0.3 is 0 Å².